The van der Waals surface area contributed by atoms with Crippen LogP contribution in [0.15, 0.2) is 54.6 Å². The zero-order valence-corrected chi connectivity index (χ0v) is 16.9. The van der Waals surface area contributed by atoms with Gasteiger partial charge in [-0.05, 0) is 49.1 Å². The number of anilines is 1. The first-order valence-electron chi connectivity index (χ1n) is 9.82. The van der Waals surface area contributed by atoms with Gasteiger partial charge in [-0.1, -0.05) is 30.3 Å². The van der Waals surface area contributed by atoms with Crippen LogP contribution < -0.4 is 10.2 Å². The maximum atomic E-state index is 12.7. The minimum atomic E-state index is -2.81. The summed E-state index contributed by atoms with van der Waals surface area (Å²) in [6, 6.07) is 18.2. The summed E-state index contributed by atoms with van der Waals surface area (Å²) in [5.41, 5.74) is 2.79. The molecule has 1 aliphatic carbocycles. The lowest BCUT2D eigenvalue weighted by molar-refractivity contribution is 0.0993. The molecule has 1 heterocycles. The summed E-state index contributed by atoms with van der Waals surface area (Å²) < 4.78 is 23.1. The summed E-state index contributed by atoms with van der Waals surface area (Å²) in [4.78, 5) is 14.3. The molecule has 1 amide bonds. The quantitative estimate of drug-likeness (QED) is 0.841. The largest absolute Gasteiger partial charge is 0.311 e. The predicted molar refractivity (Wildman–Crippen MR) is 112 cm³/mol. The van der Waals surface area contributed by atoms with Gasteiger partial charge in [0.25, 0.3) is 5.91 Å². The molecule has 0 aromatic heterocycles. The zero-order chi connectivity index (χ0) is 19.7. The molecule has 28 heavy (non-hydrogen) atoms. The average Bonchev–Trinajstić information content (AvgIpc) is 3.48. The van der Waals surface area contributed by atoms with Gasteiger partial charge in [-0.2, -0.15) is 0 Å². The molecule has 1 saturated carbocycles. The third-order valence-electron chi connectivity index (χ3n) is 5.83. The number of hydrogen-bond donors (Lipinski definition) is 1. The van der Waals surface area contributed by atoms with Gasteiger partial charge in [0, 0.05) is 36.3 Å². The Morgan fingerprint density at radius 2 is 1.64 bits per heavy atom. The molecular formula is C22H26N2O3S. The number of carbonyl (C=O) groups excluding carboxylic acids is 1. The van der Waals surface area contributed by atoms with E-state index in [9.17, 15) is 13.2 Å². The van der Waals surface area contributed by atoms with Gasteiger partial charge in [0.05, 0.1) is 11.5 Å². The third-order valence-corrected chi connectivity index (χ3v) is 7.54. The summed E-state index contributed by atoms with van der Waals surface area (Å²) in [6.07, 6.45) is 2.50. The van der Waals surface area contributed by atoms with Crippen molar-refractivity contribution in [3.63, 3.8) is 0 Å². The molecule has 1 saturated heterocycles. The number of nitrogens with one attached hydrogen (secondary N) is 1. The van der Waals surface area contributed by atoms with Gasteiger partial charge >= 0.3 is 0 Å². The fourth-order valence-electron chi connectivity index (χ4n) is 3.94. The van der Waals surface area contributed by atoms with Gasteiger partial charge in [-0.15, -0.1) is 0 Å². The van der Waals surface area contributed by atoms with Crippen LogP contribution in [0.1, 0.15) is 41.1 Å². The molecule has 5 nitrogen and oxygen atoms in total. The summed E-state index contributed by atoms with van der Waals surface area (Å²) in [5.74, 6) is 1.03. The number of carbonyl (C=O) groups is 1. The predicted octanol–water partition coefficient (Wildman–Crippen LogP) is 2.99. The minimum absolute atomic E-state index is 0.0216. The van der Waals surface area contributed by atoms with E-state index in [1.807, 2.05) is 54.6 Å². The monoisotopic (exact) mass is 398 g/mol. The number of benzene rings is 2. The Morgan fingerprint density at radius 3 is 2.29 bits per heavy atom. The topological polar surface area (TPSA) is 66.5 Å². The summed E-state index contributed by atoms with van der Waals surface area (Å²) in [6.45, 7) is 0. The zero-order valence-electron chi connectivity index (χ0n) is 16.0. The van der Waals surface area contributed by atoms with Crippen molar-refractivity contribution in [1.82, 2.24) is 5.32 Å². The second kappa shape index (κ2) is 7.68. The fraction of sp³-hybridized carbons (Fsp3) is 0.409. The van der Waals surface area contributed by atoms with Crippen LogP contribution in [0, 0.1) is 0 Å². The highest BCUT2D eigenvalue weighted by molar-refractivity contribution is 7.91. The number of rotatable bonds is 5. The van der Waals surface area contributed by atoms with Crippen LogP contribution in [0.3, 0.4) is 0 Å². The molecular weight excluding hydrogens is 372 g/mol. The number of para-hydroxylation sites is 1. The van der Waals surface area contributed by atoms with E-state index >= 15 is 0 Å². The molecule has 1 N–H and O–H groups in total. The van der Waals surface area contributed by atoms with Crippen molar-refractivity contribution in [2.75, 3.05) is 23.5 Å². The van der Waals surface area contributed by atoms with E-state index < -0.39 is 9.84 Å². The van der Waals surface area contributed by atoms with Gasteiger partial charge < -0.3 is 10.2 Å². The van der Waals surface area contributed by atoms with Crippen LogP contribution in [0.25, 0.3) is 0 Å². The molecule has 2 aliphatic rings. The fourth-order valence-corrected chi connectivity index (χ4v) is 5.43. The SMILES string of the molecule is CN(C(=O)c1ccc(C2CC2NC2CCS(=O)(=O)CC2)cc1)c1ccccc1. The van der Waals surface area contributed by atoms with Crippen molar-refractivity contribution < 1.29 is 13.2 Å². The van der Waals surface area contributed by atoms with Gasteiger partial charge in [-0.25, -0.2) is 8.42 Å². The van der Waals surface area contributed by atoms with Crippen molar-refractivity contribution in [2.45, 2.75) is 37.3 Å². The summed E-state index contributed by atoms with van der Waals surface area (Å²) >= 11 is 0. The van der Waals surface area contributed by atoms with E-state index in [0.29, 0.717) is 47.9 Å². The van der Waals surface area contributed by atoms with E-state index in [0.717, 1.165) is 12.1 Å². The van der Waals surface area contributed by atoms with Crippen molar-refractivity contribution in [2.24, 2.45) is 0 Å². The first kappa shape index (κ1) is 19.2. The number of nitrogens with zero attached hydrogens (tertiary/aromatic N) is 1. The maximum absolute atomic E-state index is 12.7. The lowest BCUT2D eigenvalue weighted by atomic mass is 10.1. The molecule has 1 aliphatic heterocycles. The van der Waals surface area contributed by atoms with Gasteiger partial charge in [0.2, 0.25) is 0 Å². The first-order chi connectivity index (χ1) is 13.4. The number of sulfone groups is 1. The maximum Gasteiger partial charge on any atom is 0.258 e. The lowest BCUT2D eigenvalue weighted by Gasteiger charge is -2.23. The second-order valence-electron chi connectivity index (χ2n) is 7.86. The molecule has 148 valence electrons. The Hall–Kier alpha value is -2.18. The van der Waals surface area contributed by atoms with Crippen molar-refractivity contribution >= 4 is 21.4 Å². The van der Waals surface area contributed by atoms with Crippen molar-refractivity contribution in [3.8, 4) is 0 Å². The summed E-state index contributed by atoms with van der Waals surface area (Å²) in [7, 11) is -1.02. The number of hydrogen-bond acceptors (Lipinski definition) is 4. The van der Waals surface area contributed by atoms with E-state index in [1.54, 1.807) is 11.9 Å². The second-order valence-corrected chi connectivity index (χ2v) is 10.2. The Morgan fingerprint density at radius 1 is 1.00 bits per heavy atom. The Labute approximate surface area is 166 Å². The highest BCUT2D eigenvalue weighted by atomic mass is 32.2. The highest BCUT2D eigenvalue weighted by Gasteiger charge is 2.40. The Balaban J connectivity index is 1.34. The van der Waals surface area contributed by atoms with Gasteiger partial charge in [-0.3, -0.25) is 4.79 Å². The Kier molecular flexibility index (Phi) is 5.25. The normalized spacial score (nSPS) is 23.9. The van der Waals surface area contributed by atoms with Gasteiger partial charge in [0.1, 0.15) is 9.84 Å². The molecule has 6 heteroatoms. The van der Waals surface area contributed by atoms with E-state index in [1.165, 1.54) is 5.56 Å². The molecule has 4 rings (SSSR count). The summed E-state index contributed by atoms with van der Waals surface area (Å²) in [5, 5.41) is 3.62. The van der Waals surface area contributed by atoms with Crippen LogP contribution in [0.2, 0.25) is 0 Å². The molecule has 0 bridgehead atoms. The van der Waals surface area contributed by atoms with E-state index in [-0.39, 0.29) is 5.91 Å². The Bertz CT molecular complexity index is 928. The highest BCUT2D eigenvalue weighted by Crippen LogP contribution is 2.41. The van der Waals surface area contributed by atoms with E-state index in [2.05, 4.69) is 5.32 Å². The van der Waals surface area contributed by atoms with Crippen LogP contribution in [-0.2, 0) is 9.84 Å². The molecule has 0 radical (unpaired) electrons. The van der Waals surface area contributed by atoms with Crippen LogP contribution in [-0.4, -0.2) is 45.0 Å². The molecule has 2 aromatic rings. The first-order valence-corrected chi connectivity index (χ1v) is 11.6. The third kappa shape index (κ3) is 4.28. The van der Waals surface area contributed by atoms with Crippen molar-refractivity contribution in [3.05, 3.63) is 65.7 Å². The molecule has 2 atom stereocenters. The van der Waals surface area contributed by atoms with Crippen LogP contribution in [0.4, 0.5) is 5.69 Å². The number of amides is 1. The standard InChI is InChI=1S/C22H26N2O3S/c1-24(19-5-3-2-4-6-19)22(25)17-9-7-16(8-10-17)20-15-21(20)23-18-11-13-28(26,27)14-12-18/h2-10,18,20-21,23H,11-15H2,1H3. The van der Waals surface area contributed by atoms with Crippen LogP contribution >= 0.6 is 0 Å². The van der Waals surface area contributed by atoms with Crippen molar-refractivity contribution in [1.29, 1.82) is 0 Å². The molecule has 0 spiro atoms. The van der Waals surface area contributed by atoms with Gasteiger partial charge in [0.15, 0.2) is 0 Å². The molecule has 2 aromatic carbocycles. The average molecular weight is 399 g/mol. The van der Waals surface area contributed by atoms with Crippen LogP contribution in [0.5, 0.6) is 0 Å². The minimum Gasteiger partial charge on any atom is -0.311 e. The molecule has 2 fully saturated rings. The smallest absolute Gasteiger partial charge is 0.258 e. The lowest BCUT2D eigenvalue weighted by Crippen LogP contribution is -2.39. The van der Waals surface area contributed by atoms with E-state index in [4.69, 9.17) is 0 Å². The molecule has 2 unspecified atom stereocenters.